The summed E-state index contributed by atoms with van der Waals surface area (Å²) >= 11 is 0. The van der Waals surface area contributed by atoms with E-state index in [1.54, 1.807) is 12.5 Å². The van der Waals surface area contributed by atoms with Crippen molar-refractivity contribution in [3.05, 3.63) is 71.9 Å². The molecule has 0 aliphatic heterocycles. The highest BCUT2D eigenvalue weighted by Gasteiger charge is 2.08. The van der Waals surface area contributed by atoms with Crippen LogP contribution in [0.1, 0.15) is 29.8 Å². The number of carbonyl (C=O) groups excluding carboxylic acids is 1. The predicted molar refractivity (Wildman–Crippen MR) is 95.7 cm³/mol. The number of amides is 1. The normalized spacial score (nSPS) is 10.6. The summed E-state index contributed by atoms with van der Waals surface area (Å²) in [6.07, 6.45) is 5.40. The molecule has 0 radical (unpaired) electrons. The van der Waals surface area contributed by atoms with Gasteiger partial charge in [0, 0.05) is 23.9 Å². The Bertz CT molecular complexity index is 810. The predicted octanol–water partition coefficient (Wildman–Crippen LogP) is 3.68. The van der Waals surface area contributed by atoms with E-state index in [-0.39, 0.29) is 5.91 Å². The Morgan fingerprint density at radius 2 is 1.96 bits per heavy atom. The zero-order chi connectivity index (χ0) is 17.5. The third-order valence-corrected chi connectivity index (χ3v) is 3.88. The molecular weight excluding hydrogens is 314 g/mol. The van der Waals surface area contributed by atoms with Gasteiger partial charge >= 0.3 is 0 Å². The zero-order valence-electron chi connectivity index (χ0n) is 14.2. The molecule has 0 saturated carbocycles. The van der Waals surface area contributed by atoms with Crippen molar-refractivity contribution in [2.45, 2.75) is 32.7 Å². The zero-order valence-corrected chi connectivity index (χ0v) is 14.2. The summed E-state index contributed by atoms with van der Waals surface area (Å²) in [5.74, 6) is 0.579. The second-order valence-electron chi connectivity index (χ2n) is 5.96. The van der Waals surface area contributed by atoms with E-state index in [1.807, 2.05) is 49.4 Å². The summed E-state index contributed by atoms with van der Waals surface area (Å²) in [4.78, 5) is 20.6. The van der Waals surface area contributed by atoms with Crippen molar-refractivity contribution in [3.63, 3.8) is 0 Å². The first kappa shape index (κ1) is 16.9. The quantitative estimate of drug-likeness (QED) is 0.715. The smallest absolute Gasteiger partial charge is 0.226 e. The SMILES string of the molecule is Cc1ccc(-c2nc(CNC(=O)CCCc3ccccn3)co2)cc1. The van der Waals surface area contributed by atoms with Gasteiger partial charge in [0.05, 0.1) is 12.2 Å². The first-order valence-electron chi connectivity index (χ1n) is 8.39. The van der Waals surface area contributed by atoms with E-state index in [4.69, 9.17) is 4.42 Å². The maximum Gasteiger partial charge on any atom is 0.226 e. The van der Waals surface area contributed by atoms with Gasteiger partial charge in [-0.05, 0) is 44.0 Å². The molecule has 5 heteroatoms. The van der Waals surface area contributed by atoms with Crippen LogP contribution in [0, 0.1) is 6.92 Å². The van der Waals surface area contributed by atoms with Crippen LogP contribution >= 0.6 is 0 Å². The van der Waals surface area contributed by atoms with Gasteiger partial charge in [-0.1, -0.05) is 23.8 Å². The fourth-order valence-corrected chi connectivity index (χ4v) is 2.47. The number of hydrogen-bond donors (Lipinski definition) is 1. The number of oxazole rings is 1. The molecule has 0 unspecified atom stereocenters. The van der Waals surface area contributed by atoms with Crippen molar-refractivity contribution in [1.29, 1.82) is 0 Å². The van der Waals surface area contributed by atoms with Crippen molar-refractivity contribution >= 4 is 5.91 Å². The largest absolute Gasteiger partial charge is 0.444 e. The van der Waals surface area contributed by atoms with Gasteiger partial charge in [-0.2, -0.15) is 0 Å². The van der Waals surface area contributed by atoms with Crippen LogP contribution in [-0.2, 0) is 17.8 Å². The van der Waals surface area contributed by atoms with Crippen LogP contribution in [0.4, 0.5) is 0 Å². The average molecular weight is 335 g/mol. The van der Waals surface area contributed by atoms with Crippen molar-refractivity contribution in [2.75, 3.05) is 0 Å². The van der Waals surface area contributed by atoms with E-state index >= 15 is 0 Å². The molecule has 5 nitrogen and oxygen atoms in total. The number of carbonyl (C=O) groups is 1. The second kappa shape index (κ2) is 8.24. The number of benzene rings is 1. The third-order valence-electron chi connectivity index (χ3n) is 3.88. The Labute approximate surface area is 147 Å². The average Bonchev–Trinajstić information content (AvgIpc) is 3.10. The Kier molecular flexibility index (Phi) is 5.57. The lowest BCUT2D eigenvalue weighted by molar-refractivity contribution is -0.121. The number of aryl methyl sites for hydroxylation is 2. The third kappa shape index (κ3) is 5.01. The van der Waals surface area contributed by atoms with Gasteiger partial charge in [0.1, 0.15) is 6.26 Å². The number of pyridine rings is 1. The highest BCUT2D eigenvalue weighted by atomic mass is 16.3. The molecule has 2 aromatic heterocycles. The molecule has 1 N–H and O–H groups in total. The molecule has 128 valence electrons. The van der Waals surface area contributed by atoms with Crippen molar-refractivity contribution in [2.24, 2.45) is 0 Å². The van der Waals surface area contributed by atoms with E-state index in [0.717, 1.165) is 24.1 Å². The number of nitrogens with zero attached hydrogens (tertiary/aromatic N) is 2. The van der Waals surface area contributed by atoms with E-state index in [9.17, 15) is 4.79 Å². The summed E-state index contributed by atoms with van der Waals surface area (Å²) in [5, 5.41) is 2.88. The van der Waals surface area contributed by atoms with Crippen LogP contribution in [0.5, 0.6) is 0 Å². The molecule has 1 amide bonds. The molecule has 25 heavy (non-hydrogen) atoms. The molecule has 0 spiro atoms. The molecule has 2 heterocycles. The van der Waals surface area contributed by atoms with Crippen LogP contribution in [0.2, 0.25) is 0 Å². The first-order chi connectivity index (χ1) is 12.2. The minimum absolute atomic E-state index is 0.0100. The Balaban J connectivity index is 1.44. The fourth-order valence-electron chi connectivity index (χ4n) is 2.47. The van der Waals surface area contributed by atoms with Crippen LogP contribution in [0.3, 0.4) is 0 Å². The maximum absolute atomic E-state index is 11.9. The summed E-state index contributed by atoms with van der Waals surface area (Å²) in [7, 11) is 0. The second-order valence-corrected chi connectivity index (χ2v) is 5.96. The molecule has 0 fully saturated rings. The van der Waals surface area contributed by atoms with E-state index in [2.05, 4.69) is 15.3 Å². The molecular formula is C20H21N3O2. The van der Waals surface area contributed by atoms with Crippen LogP contribution in [0.25, 0.3) is 11.5 Å². The number of aromatic nitrogens is 2. The molecule has 1 aromatic carbocycles. The lowest BCUT2D eigenvalue weighted by Crippen LogP contribution is -2.22. The van der Waals surface area contributed by atoms with E-state index in [0.29, 0.717) is 24.6 Å². The lowest BCUT2D eigenvalue weighted by Gasteiger charge is -2.03. The molecule has 0 aliphatic rings. The van der Waals surface area contributed by atoms with Gasteiger partial charge in [0.25, 0.3) is 0 Å². The monoisotopic (exact) mass is 335 g/mol. The van der Waals surface area contributed by atoms with Crippen molar-refractivity contribution < 1.29 is 9.21 Å². The molecule has 0 atom stereocenters. The minimum atomic E-state index is 0.0100. The highest BCUT2D eigenvalue weighted by molar-refractivity contribution is 5.75. The topological polar surface area (TPSA) is 68.0 Å². The van der Waals surface area contributed by atoms with Crippen LogP contribution < -0.4 is 5.32 Å². The van der Waals surface area contributed by atoms with E-state index in [1.165, 1.54) is 5.56 Å². The van der Waals surface area contributed by atoms with Gasteiger partial charge < -0.3 is 9.73 Å². The molecule has 0 saturated heterocycles. The van der Waals surface area contributed by atoms with Crippen LogP contribution in [0.15, 0.2) is 59.3 Å². The summed E-state index contributed by atoms with van der Waals surface area (Å²) in [6, 6.07) is 13.8. The van der Waals surface area contributed by atoms with Crippen LogP contribution in [-0.4, -0.2) is 15.9 Å². The van der Waals surface area contributed by atoms with Gasteiger partial charge in [-0.15, -0.1) is 0 Å². The van der Waals surface area contributed by atoms with Gasteiger partial charge in [0.2, 0.25) is 11.8 Å². The number of rotatable bonds is 7. The van der Waals surface area contributed by atoms with Gasteiger partial charge in [-0.25, -0.2) is 4.98 Å². The van der Waals surface area contributed by atoms with Gasteiger partial charge in [0.15, 0.2) is 0 Å². The van der Waals surface area contributed by atoms with Crippen molar-refractivity contribution in [3.8, 4) is 11.5 Å². The Morgan fingerprint density at radius 3 is 2.72 bits per heavy atom. The minimum Gasteiger partial charge on any atom is -0.444 e. The molecule has 0 bridgehead atoms. The number of hydrogen-bond acceptors (Lipinski definition) is 4. The van der Waals surface area contributed by atoms with E-state index < -0.39 is 0 Å². The van der Waals surface area contributed by atoms with Gasteiger partial charge in [-0.3, -0.25) is 9.78 Å². The fraction of sp³-hybridized carbons (Fsp3) is 0.250. The molecule has 0 aliphatic carbocycles. The number of nitrogens with one attached hydrogen (secondary N) is 1. The Hall–Kier alpha value is -2.95. The summed E-state index contributed by atoms with van der Waals surface area (Å²) in [5.41, 5.74) is 3.84. The summed E-state index contributed by atoms with van der Waals surface area (Å²) < 4.78 is 5.49. The summed E-state index contributed by atoms with van der Waals surface area (Å²) in [6.45, 7) is 2.41. The molecule has 3 rings (SSSR count). The van der Waals surface area contributed by atoms with Crippen molar-refractivity contribution in [1.82, 2.24) is 15.3 Å². The first-order valence-corrected chi connectivity index (χ1v) is 8.39. The highest BCUT2D eigenvalue weighted by Crippen LogP contribution is 2.19. The maximum atomic E-state index is 11.9. The lowest BCUT2D eigenvalue weighted by atomic mass is 10.1. The standard InChI is InChI=1S/C20H21N3O2/c1-15-8-10-16(11-9-15)20-23-18(14-25-20)13-22-19(24)7-4-6-17-5-2-3-12-21-17/h2-3,5,8-12,14H,4,6-7,13H2,1H3,(H,22,24). The molecule has 3 aromatic rings. The Morgan fingerprint density at radius 1 is 1.12 bits per heavy atom.